The van der Waals surface area contributed by atoms with Gasteiger partial charge >= 0.3 is 6.18 Å². The first-order valence-corrected chi connectivity index (χ1v) is 8.58. The molecule has 5 nitrogen and oxygen atoms in total. The van der Waals surface area contributed by atoms with Gasteiger partial charge in [-0.2, -0.15) is 18.3 Å². The lowest BCUT2D eigenvalue weighted by Gasteiger charge is -2.29. The third-order valence-corrected chi connectivity index (χ3v) is 4.77. The Morgan fingerprint density at radius 1 is 1.38 bits per heavy atom. The molecule has 26 heavy (non-hydrogen) atoms. The lowest BCUT2D eigenvalue weighted by Crippen LogP contribution is -2.35. The summed E-state index contributed by atoms with van der Waals surface area (Å²) in [7, 11) is 0. The molecule has 0 radical (unpaired) electrons. The maximum atomic E-state index is 13.0. The number of halogens is 3. The van der Waals surface area contributed by atoms with E-state index < -0.39 is 17.8 Å². The number of H-pyrrole nitrogens is 1. The number of amides is 1. The van der Waals surface area contributed by atoms with Crippen molar-refractivity contribution in [3.63, 3.8) is 0 Å². The number of alkyl halides is 3. The van der Waals surface area contributed by atoms with Crippen LogP contribution in [0.3, 0.4) is 0 Å². The van der Waals surface area contributed by atoms with Crippen LogP contribution in [0.4, 0.5) is 13.2 Å². The Kier molecular flexibility index (Phi) is 5.04. The summed E-state index contributed by atoms with van der Waals surface area (Å²) in [5.74, 6) is -0.279. The number of nitrogens with one attached hydrogen (secondary N) is 2. The zero-order valence-corrected chi connectivity index (χ0v) is 14.7. The zero-order valence-electron chi connectivity index (χ0n) is 14.7. The van der Waals surface area contributed by atoms with E-state index in [4.69, 9.17) is 0 Å². The standard InChI is InChI=1S/C18H21F3N4O/c1-3-25(11(2)12-5-4-6-13(9-12)18(19,20)21)17(26)16-14-10-22-8-7-15(14)23-24-16/h4-6,9,11,22H,3,7-8,10H2,1-2H3,(H,23,24). The van der Waals surface area contributed by atoms with E-state index in [0.717, 1.165) is 36.4 Å². The van der Waals surface area contributed by atoms with Crippen LogP contribution in [0.5, 0.6) is 0 Å². The van der Waals surface area contributed by atoms with Crippen molar-refractivity contribution in [2.75, 3.05) is 13.1 Å². The molecule has 0 spiro atoms. The van der Waals surface area contributed by atoms with Crippen LogP contribution in [-0.4, -0.2) is 34.1 Å². The van der Waals surface area contributed by atoms with Gasteiger partial charge in [-0.25, -0.2) is 0 Å². The highest BCUT2D eigenvalue weighted by Crippen LogP contribution is 2.32. The molecule has 1 amide bonds. The predicted octanol–water partition coefficient (Wildman–Crippen LogP) is 3.30. The molecule has 3 rings (SSSR count). The van der Waals surface area contributed by atoms with E-state index in [-0.39, 0.29) is 5.91 Å². The van der Waals surface area contributed by atoms with Crippen molar-refractivity contribution in [3.05, 3.63) is 52.3 Å². The number of hydrogen-bond acceptors (Lipinski definition) is 3. The molecular formula is C18H21F3N4O. The van der Waals surface area contributed by atoms with Crippen molar-refractivity contribution in [3.8, 4) is 0 Å². The van der Waals surface area contributed by atoms with Gasteiger partial charge in [0.05, 0.1) is 11.6 Å². The van der Waals surface area contributed by atoms with Gasteiger partial charge in [-0.05, 0) is 31.5 Å². The lowest BCUT2D eigenvalue weighted by molar-refractivity contribution is -0.137. The number of rotatable bonds is 4. The molecule has 1 unspecified atom stereocenters. The summed E-state index contributed by atoms with van der Waals surface area (Å²) < 4.78 is 38.9. The van der Waals surface area contributed by atoms with Gasteiger partial charge in [0.15, 0.2) is 5.69 Å². The summed E-state index contributed by atoms with van der Waals surface area (Å²) in [6.45, 7) is 5.28. The fraction of sp³-hybridized carbons (Fsp3) is 0.444. The average Bonchev–Trinajstić information content (AvgIpc) is 3.05. The van der Waals surface area contributed by atoms with Gasteiger partial charge in [-0.1, -0.05) is 12.1 Å². The molecular weight excluding hydrogens is 345 g/mol. The van der Waals surface area contributed by atoms with E-state index in [0.29, 0.717) is 24.3 Å². The Balaban J connectivity index is 1.89. The molecule has 1 aromatic heterocycles. The maximum absolute atomic E-state index is 13.0. The van der Waals surface area contributed by atoms with Gasteiger partial charge in [-0.15, -0.1) is 0 Å². The molecule has 1 aliphatic heterocycles. The number of aromatic nitrogens is 2. The van der Waals surface area contributed by atoms with Crippen molar-refractivity contribution >= 4 is 5.91 Å². The van der Waals surface area contributed by atoms with Crippen LogP contribution in [0, 0.1) is 0 Å². The van der Waals surface area contributed by atoms with Crippen molar-refractivity contribution in [1.29, 1.82) is 0 Å². The van der Waals surface area contributed by atoms with Crippen LogP contribution < -0.4 is 5.32 Å². The third kappa shape index (κ3) is 3.46. The fourth-order valence-electron chi connectivity index (χ4n) is 3.29. The highest BCUT2D eigenvalue weighted by atomic mass is 19.4. The summed E-state index contributed by atoms with van der Waals surface area (Å²) in [5.41, 5.74) is 1.85. The first-order valence-electron chi connectivity index (χ1n) is 8.58. The van der Waals surface area contributed by atoms with Crippen molar-refractivity contribution in [2.24, 2.45) is 0 Å². The highest BCUT2D eigenvalue weighted by molar-refractivity contribution is 5.94. The van der Waals surface area contributed by atoms with Crippen molar-refractivity contribution < 1.29 is 18.0 Å². The largest absolute Gasteiger partial charge is 0.416 e. The molecule has 2 heterocycles. The highest BCUT2D eigenvalue weighted by Gasteiger charge is 2.32. The first-order chi connectivity index (χ1) is 12.3. The van der Waals surface area contributed by atoms with Crippen LogP contribution in [0.1, 0.15) is 52.8 Å². The molecule has 1 aromatic carbocycles. The number of carbonyl (C=O) groups excluding carboxylic acids is 1. The van der Waals surface area contributed by atoms with Crippen molar-refractivity contribution in [1.82, 2.24) is 20.4 Å². The minimum absolute atomic E-state index is 0.279. The van der Waals surface area contributed by atoms with E-state index in [1.165, 1.54) is 6.07 Å². The van der Waals surface area contributed by atoms with Crippen LogP contribution in [0.2, 0.25) is 0 Å². The second-order valence-corrected chi connectivity index (χ2v) is 6.35. The molecule has 2 aromatic rings. The first kappa shape index (κ1) is 18.4. The fourth-order valence-corrected chi connectivity index (χ4v) is 3.29. The SMILES string of the molecule is CCN(C(=O)c1n[nH]c2c1CNCC2)C(C)c1cccc(C(F)(F)F)c1. The lowest BCUT2D eigenvalue weighted by atomic mass is 10.0. The molecule has 1 atom stereocenters. The number of nitrogens with zero attached hydrogens (tertiary/aromatic N) is 2. The number of hydrogen-bond donors (Lipinski definition) is 2. The van der Waals surface area contributed by atoms with Gasteiger partial charge in [0, 0.05) is 37.3 Å². The smallest absolute Gasteiger partial charge is 0.331 e. The number of aromatic amines is 1. The second-order valence-electron chi connectivity index (χ2n) is 6.35. The Hall–Kier alpha value is -2.35. The molecule has 140 valence electrons. The van der Waals surface area contributed by atoms with Gasteiger partial charge in [0.25, 0.3) is 5.91 Å². The van der Waals surface area contributed by atoms with E-state index in [1.54, 1.807) is 24.8 Å². The molecule has 2 N–H and O–H groups in total. The molecule has 0 aliphatic carbocycles. The van der Waals surface area contributed by atoms with E-state index >= 15 is 0 Å². The van der Waals surface area contributed by atoms with Gasteiger partial charge in [0.1, 0.15) is 0 Å². The van der Waals surface area contributed by atoms with E-state index in [1.807, 2.05) is 0 Å². The third-order valence-electron chi connectivity index (χ3n) is 4.77. The second kappa shape index (κ2) is 7.11. The molecule has 0 saturated carbocycles. The van der Waals surface area contributed by atoms with Gasteiger partial charge in [-0.3, -0.25) is 9.89 Å². The summed E-state index contributed by atoms with van der Waals surface area (Å²) in [5, 5.41) is 10.3. The summed E-state index contributed by atoms with van der Waals surface area (Å²) in [6.07, 6.45) is -3.64. The Morgan fingerprint density at radius 2 is 2.15 bits per heavy atom. The summed E-state index contributed by atoms with van der Waals surface area (Å²) in [4.78, 5) is 14.5. The zero-order chi connectivity index (χ0) is 18.9. The predicted molar refractivity (Wildman–Crippen MR) is 90.6 cm³/mol. The normalized spacial score (nSPS) is 15.4. The monoisotopic (exact) mass is 366 g/mol. The number of benzene rings is 1. The Bertz CT molecular complexity index is 800. The Labute approximate surface area is 149 Å². The Morgan fingerprint density at radius 3 is 2.85 bits per heavy atom. The van der Waals surface area contributed by atoms with Gasteiger partial charge in [0.2, 0.25) is 0 Å². The van der Waals surface area contributed by atoms with E-state index in [9.17, 15) is 18.0 Å². The summed E-state index contributed by atoms with van der Waals surface area (Å²) in [6, 6.07) is 4.61. The minimum Gasteiger partial charge on any atom is -0.331 e. The molecule has 8 heteroatoms. The molecule has 1 aliphatic rings. The minimum atomic E-state index is -4.41. The van der Waals surface area contributed by atoms with Crippen LogP contribution in [0.25, 0.3) is 0 Å². The average molecular weight is 366 g/mol. The number of fused-ring (bicyclic) bond motifs is 1. The number of carbonyl (C=O) groups is 1. The molecule has 0 fully saturated rings. The molecule has 0 saturated heterocycles. The summed E-state index contributed by atoms with van der Waals surface area (Å²) >= 11 is 0. The van der Waals surface area contributed by atoms with Crippen LogP contribution in [0.15, 0.2) is 24.3 Å². The van der Waals surface area contributed by atoms with E-state index in [2.05, 4.69) is 15.5 Å². The van der Waals surface area contributed by atoms with Gasteiger partial charge < -0.3 is 10.2 Å². The quantitative estimate of drug-likeness (QED) is 0.873. The van der Waals surface area contributed by atoms with Crippen LogP contribution >= 0.6 is 0 Å². The van der Waals surface area contributed by atoms with Crippen molar-refractivity contribution in [2.45, 2.75) is 39.0 Å². The topological polar surface area (TPSA) is 61.0 Å². The molecule has 0 bridgehead atoms. The van der Waals surface area contributed by atoms with Crippen LogP contribution in [-0.2, 0) is 19.1 Å². The maximum Gasteiger partial charge on any atom is 0.416 e.